The SMILES string of the molecule is O=C(NC1CC1)N1CCCC(N2CCNCC2)C1. The minimum atomic E-state index is 0.164. The summed E-state index contributed by atoms with van der Waals surface area (Å²) in [7, 11) is 0. The highest BCUT2D eigenvalue weighted by atomic mass is 16.2. The Morgan fingerprint density at radius 3 is 2.61 bits per heavy atom. The monoisotopic (exact) mass is 252 g/mol. The van der Waals surface area contributed by atoms with Crippen LogP contribution in [0.5, 0.6) is 0 Å². The number of carbonyl (C=O) groups excluding carboxylic acids is 1. The molecule has 5 heteroatoms. The standard InChI is InChI=1S/C13H24N4O/c18-13(15-11-3-4-11)17-7-1-2-12(10-17)16-8-5-14-6-9-16/h11-12,14H,1-10H2,(H,15,18). The molecule has 1 aliphatic carbocycles. The number of nitrogens with zero attached hydrogens (tertiary/aromatic N) is 2. The third kappa shape index (κ3) is 2.95. The molecule has 0 radical (unpaired) electrons. The first-order valence-electron chi connectivity index (χ1n) is 7.33. The molecule has 0 bridgehead atoms. The summed E-state index contributed by atoms with van der Waals surface area (Å²) in [6, 6.07) is 1.21. The lowest BCUT2D eigenvalue weighted by atomic mass is 10.0. The van der Waals surface area contributed by atoms with Crippen molar-refractivity contribution in [1.29, 1.82) is 0 Å². The van der Waals surface area contributed by atoms with Crippen molar-refractivity contribution in [2.75, 3.05) is 39.3 Å². The molecule has 0 spiro atoms. The van der Waals surface area contributed by atoms with Crippen molar-refractivity contribution in [1.82, 2.24) is 20.4 Å². The lowest BCUT2D eigenvalue weighted by Gasteiger charge is -2.41. The average molecular weight is 252 g/mol. The Balaban J connectivity index is 1.51. The summed E-state index contributed by atoms with van der Waals surface area (Å²) in [5.74, 6) is 0. The number of urea groups is 1. The number of amides is 2. The van der Waals surface area contributed by atoms with Gasteiger partial charge in [0.15, 0.2) is 0 Å². The first kappa shape index (κ1) is 12.2. The van der Waals surface area contributed by atoms with E-state index in [0.717, 1.165) is 45.7 Å². The summed E-state index contributed by atoms with van der Waals surface area (Å²) in [6.45, 7) is 6.28. The number of hydrogen-bond acceptors (Lipinski definition) is 3. The summed E-state index contributed by atoms with van der Waals surface area (Å²) in [6.07, 6.45) is 4.72. The van der Waals surface area contributed by atoms with Crippen LogP contribution in [0.1, 0.15) is 25.7 Å². The Labute approximate surface area is 109 Å². The molecule has 2 saturated heterocycles. The maximum Gasteiger partial charge on any atom is 0.317 e. The van der Waals surface area contributed by atoms with E-state index in [4.69, 9.17) is 0 Å². The number of rotatable bonds is 2. The van der Waals surface area contributed by atoms with Gasteiger partial charge in [0, 0.05) is 51.4 Å². The largest absolute Gasteiger partial charge is 0.335 e. The fourth-order valence-corrected chi connectivity index (χ4v) is 2.98. The van der Waals surface area contributed by atoms with E-state index in [9.17, 15) is 4.79 Å². The normalized spacial score (nSPS) is 30.2. The fourth-order valence-electron chi connectivity index (χ4n) is 2.98. The zero-order chi connectivity index (χ0) is 12.4. The van der Waals surface area contributed by atoms with Crippen molar-refractivity contribution < 1.29 is 4.79 Å². The van der Waals surface area contributed by atoms with E-state index in [0.29, 0.717) is 12.1 Å². The van der Waals surface area contributed by atoms with Gasteiger partial charge in [0.25, 0.3) is 0 Å². The van der Waals surface area contributed by atoms with E-state index in [2.05, 4.69) is 15.5 Å². The van der Waals surface area contributed by atoms with Gasteiger partial charge in [-0.15, -0.1) is 0 Å². The zero-order valence-corrected chi connectivity index (χ0v) is 11.0. The lowest BCUT2D eigenvalue weighted by molar-refractivity contribution is 0.0988. The predicted octanol–water partition coefficient (Wildman–Crippen LogP) is 0.228. The third-order valence-electron chi connectivity index (χ3n) is 4.26. The van der Waals surface area contributed by atoms with Crippen LogP contribution in [0.15, 0.2) is 0 Å². The van der Waals surface area contributed by atoms with Crippen LogP contribution in [-0.2, 0) is 0 Å². The molecule has 1 unspecified atom stereocenters. The van der Waals surface area contributed by atoms with Crippen molar-refractivity contribution in [2.24, 2.45) is 0 Å². The van der Waals surface area contributed by atoms with Crippen molar-refractivity contribution in [3.63, 3.8) is 0 Å². The van der Waals surface area contributed by atoms with Crippen molar-refractivity contribution >= 4 is 6.03 Å². The molecule has 3 rings (SSSR count). The van der Waals surface area contributed by atoms with Crippen LogP contribution < -0.4 is 10.6 Å². The van der Waals surface area contributed by atoms with Crippen LogP contribution in [0.25, 0.3) is 0 Å². The Bertz CT molecular complexity index is 299. The molecule has 0 aromatic heterocycles. The molecule has 3 aliphatic rings. The van der Waals surface area contributed by atoms with Crippen LogP contribution >= 0.6 is 0 Å². The van der Waals surface area contributed by atoms with Crippen LogP contribution in [0, 0.1) is 0 Å². The number of carbonyl (C=O) groups is 1. The predicted molar refractivity (Wildman–Crippen MR) is 70.6 cm³/mol. The highest BCUT2D eigenvalue weighted by Crippen LogP contribution is 2.21. The van der Waals surface area contributed by atoms with Crippen LogP contribution in [0.2, 0.25) is 0 Å². The maximum absolute atomic E-state index is 12.1. The minimum absolute atomic E-state index is 0.164. The molecule has 5 nitrogen and oxygen atoms in total. The fraction of sp³-hybridized carbons (Fsp3) is 0.923. The van der Waals surface area contributed by atoms with Crippen molar-refractivity contribution in [3.05, 3.63) is 0 Å². The Kier molecular flexibility index (Phi) is 3.70. The van der Waals surface area contributed by atoms with Gasteiger partial charge < -0.3 is 15.5 Å². The molecule has 2 N–H and O–H groups in total. The number of hydrogen-bond donors (Lipinski definition) is 2. The molecule has 102 valence electrons. The summed E-state index contributed by atoms with van der Waals surface area (Å²) in [4.78, 5) is 16.6. The number of piperidine rings is 1. The second kappa shape index (κ2) is 5.45. The smallest absolute Gasteiger partial charge is 0.317 e. The second-order valence-corrected chi connectivity index (χ2v) is 5.75. The molecule has 2 heterocycles. The van der Waals surface area contributed by atoms with E-state index in [1.807, 2.05) is 4.90 Å². The summed E-state index contributed by atoms with van der Waals surface area (Å²) in [5.41, 5.74) is 0. The van der Waals surface area contributed by atoms with Crippen LogP contribution in [0.3, 0.4) is 0 Å². The minimum Gasteiger partial charge on any atom is -0.335 e. The van der Waals surface area contributed by atoms with Gasteiger partial charge in [-0.05, 0) is 25.7 Å². The Morgan fingerprint density at radius 1 is 1.11 bits per heavy atom. The van der Waals surface area contributed by atoms with Crippen molar-refractivity contribution in [2.45, 2.75) is 37.8 Å². The average Bonchev–Trinajstić information content (AvgIpc) is 3.24. The number of likely N-dealkylation sites (tertiary alicyclic amines) is 1. The number of nitrogens with one attached hydrogen (secondary N) is 2. The van der Waals surface area contributed by atoms with E-state index < -0.39 is 0 Å². The molecule has 18 heavy (non-hydrogen) atoms. The molecule has 1 saturated carbocycles. The maximum atomic E-state index is 12.1. The van der Waals surface area contributed by atoms with Crippen LogP contribution in [-0.4, -0.2) is 67.2 Å². The van der Waals surface area contributed by atoms with E-state index in [1.54, 1.807) is 0 Å². The molecule has 0 aromatic rings. The summed E-state index contributed by atoms with van der Waals surface area (Å²) < 4.78 is 0. The highest BCUT2D eigenvalue weighted by Gasteiger charge is 2.31. The van der Waals surface area contributed by atoms with Gasteiger partial charge in [0.05, 0.1) is 0 Å². The van der Waals surface area contributed by atoms with Crippen molar-refractivity contribution in [3.8, 4) is 0 Å². The first-order valence-corrected chi connectivity index (χ1v) is 7.33. The molecular weight excluding hydrogens is 228 g/mol. The van der Waals surface area contributed by atoms with Gasteiger partial charge in [-0.3, -0.25) is 4.90 Å². The first-order chi connectivity index (χ1) is 8.83. The van der Waals surface area contributed by atoms with Gasteiger partial charge in [0.1, 0.15) is 0 Å². The van der Waals surface area contributed by atoms with Gasteiger partial charge in [-0.25, -0.2) is 4.79 Å². The summed E-state index contributed by atoms with van der Waals surface area (Å²) >= 11 is 0. The van der Waals surface area contributed by atoms with E-state index >= 15 is 0 Å². The molecule has 0 aromatic carbocycles. The van der Waals surface area contributed by atoms with Gasteiger partial charge in [-0.2, -0.15) is 0 Å². The zero-order valence-electron chi connectivity index (χ0n) is 11.0. The summed E-state index contributed by atoms with van der Waals surface area (Å²) in [5, 5.41) is 6.49. The second-order valence-electron chi connectivity index (χ2n) is 5.75. The quantitative estimate of drug-likeness (QED) is 0.739. The van der Waals surface area contributed by atoms with Gasteiger partial charge in [-0.1, -0.05) is 0 Å². The molecule has 2 aliphatic heterocycles. The molecular formula is C13H24N4O. The Hall–Kier alpha value is -0.810. The van der Waals surface area contributed by atoms with E-state index in [-0.39, 0.29) is 6.03 Å². The topological polar surface area (TPSA) is 47.6 Å². The third-order valence-corrected chi connectivity index (χ3v) is 4.26. The highest BCUT2D eigenvalue weighted by molar-refractivity contribution is 5.75. The lowest BCUT2D eigenvalue weighted by Crippen LogP contribution is -2.56. The van der Waals surface area contributed by atoms with Crippen LogP contribution in [0.4, 0.5) is 4.79 Å². The molecule has 2 amide bonds. The van der Waals surface area contributed by atoms with E-state index in [1.165, 1.54) is 19.3 Å². The Morgan fingerprint density at radius 2 is 1.89 bits per heavy atom. The molecule has 1 atom stereocenters. The van der Waals surface area contributed by atoms with Gasteiger partial charge in [0.2, 0.25) is 0 Å². The van der Waals surface area contributed by atoms with Gasteiger partial charge >= 0.3 is 6.03 Å². The molecule has 3 fully saturated rings. The number of piperazine rings is 1.